The van der Waals surface area contributed by atoms with Crippen molar-refractivity contribution < 1.29 is 9.72 Å². The van der Waals surface area contributed by atoms with Gasteiger partial charge in [0.05, 0.1) is 9.95 Å². The molecule has 1 aromatic rings. The zero-order valence-electron chi connectivity index (χ0n) is 10.7. The van der Waals surface area contributed by atoms with Crippen molar-refractivity contribution in [1.82, 2.24) is 5.32 Å². The Morgan fingerprint density at radius 2 is 2.10 bits per heavy atom. The number of nitrogens with zero attached hydrogens (tertiary/aromatic N) is 1. The fraction of sp³-hybridized carbons (Fsp3) is 0.462. The van der Waals surface area contributed by atoms with Crippen LogP contribution in [0.25, 0.3) is 0 Å². The van der Waals surface area contributed by atoms with Gasteiger partial charge in [-0.25, -0.2) is 0 Å². The van der Waals surface area contributed by atoms with Crippen LogP contribution in [-0.2, 0) is 0 Å². The van der Waals surface area contributed by atoms with Gasteiger partial charge in [0.15, 0.2) is 0 Å². The maximum atomic E-state index is 11.9. The Balaban J connectivity index is 2.03. The second kappa shape index (κ2) is 6.41. The van der Waals surface area contributed by atoms with E-state index in [1.807, 2.05) is 0 Å². The normalized spacial score (nSPS) is 14.7. The number of amides is 1. The summed E-state index contributed by atoms with van der Waals surface area (Å²) in [5.74, 6) is 0.324. The van der Waals surface area contributed by atoms with Crippen LogP contribution in [0.2, 0.25) is 10.0 Å². The zero-order valence-corrected chi connectivity index (χ0v) is 12.2. The molecule has 1 N–H and O–H groups in total. The molecular weight excluding hydrogens is 303 g/mol. The van der Waals surface area contributed by atoms with Crippen molar-refractivity contribution in [3.8, 4) is 0 Å². The number of carbonyl (C=O) groups is 1. The molecule has 20 heavy (non-hydrogen) atoms. The lowest BCUT2D eigenvalue weighted by molar-refractivity contribution is -0.384. The SMILES string of the molecule is O=C(NCCC1CCC1)c1cc(Cl)c(Cl)c([N+](=O)[O-])c1. The van der Waals surface area contributed by atoms with Crippen LogP contribution in [0.3, 0.4) is 0 Å². The minimum absolute atomic E-state index is 0.00464. The van der Waals surface area contributed by atoms with E-state index in [0.29, 0.717) is 12.5 Å². The molecule has 1 aliphatic rings. The predicted octanol–water partition coefficient (Wildman–Crippen LogP) is 3.82. The van der Waals surface area contributed by atoms with Crippen LogP contribution in [0.1, 0.15) is 36.0 Å². The second-order valence-corrected chi connectivity index (χ2v) is 5.67. The molecular formula is C13H14Cl2N2O3. The average molecular weight is 317 g/mol. The molecule has 1 aliphatic carbocycles. The zero-order chi connectivity index (χ0) is 14.7. The number of benzene rings is 1. The Morgan fingerprint density at radius 3 is 2.65 bits per heavy atom. The van der Waals surface area contributed by atoms with E-state index in [1.165, 1.54) is 25.3 Å². The van der Waals surface area contributed by atoms with Gasteiger partial charge in [0.2, 0.25) is 0 Å². The van der Waals surface area contributed by atoms with Gasteiger partial charge in [0.1, 0.15) is 5.02 Å². The first-order chi connectivity index (χ1) is 9.49. The number of hydrogen-bond donors (Lipinski definition) is 1. The Bertz CT molecular complexity index is 545. The quantitative estimate of drug-likeness (QED) is 0.663. The van der Waals surface area contributed by atoms with Gasteiger partial charge in [-0.1, -0.05) is 42.5 Å². The number of hydrogen-bond acceptors (Lipinski definition) is 3. The Morgan fingerprint density at radius 1 is 1.40 bits per heavy atom. The number of nitrogens with one attached hydrogen (secondary N) is 1. The van der Waals surface area contributed by atoms with E-state index in [-0.39, 0.29) is 27.2 Å². The van der Waals surface area contributed by atoms with Gasteiger partial charge in [-0.2, -0.15) is 0 Å². The van der Waals surface area contributed by atoms with Gasteiger partial charge in [-0.05, 0) is 18.4 Å². The van der Waals surface area contributed by atoms with Gasteiger partial charge in [-0.15, -0.1) is 0 Å². The molecule has 5 nitrogen and oxygen atoms in total. The van der Waals surface area contributed by atoms with Crippen molar-refractivity contribution in [3.05, 3.63) is 37.9 Å². The van der Waals surface area contributed by atoms with E-state index < -0.39 is 4.92 Å². The van der Waals surface area contributed by atoms with Gasteiger partial charge >= 0.3 is 0 Å². The second-order valence-electron chi connectivity index (χ2n) is 4.89. The van der Waals surface area contributed by atoms with Crippen LogP contribution >= 0.6 is 23.2 Å². The molecule has 0 aromatic heterocycles. The van der Waals surface area contributed by atoms with Crippen LogP contribution < -0.4 is 5.32 Å². The van der Waals surface area contributed by atoms with Crippen molar-refractivity contribution >= 4 is 34.8 Å². The summed E-state index contributed by atoms with van der Waals surface area (Å²) in [7, 11) is 0. The van der Waals surface area contributed by atoms with E-state index in [1.54, 1.807) is 0 Å². The van der Waals surface area contributed by atoms with Gasteiger partial charge in [0, 0.05) is 18.2 Å². The van der Waals surface area contributed by atoms with Crippen LogP contribution in [-0.4, -0.2) is 17.4 Å². The summed E-state index contributed by atoms with van der Waals surface area (Å²) in [5.41, 5.74) is -0.206. The molecule has 0 unspecified atom stereocenters. The third-order valence-corrected chi connectivity index (χ3v) is 4.32. The highest BCUT2D eigenvalue weighted by molar-refractivity contribution is 6.43. The maximum absolute atomic E-state index is 11.9. The molecule has 1 amide bonds. The first-order valence-electron chi connectivity index (χ1n) is 6.40. The molecule has 0 aliphatic heterocycles. The number of nitro benzene ring substituents is 1. The van der Waals surface area contributed by atoms with Crippen molar-refractivity contribution in [2.24, 2.45) is 5.92 Å². The van der Waals surface area contributed by atoms with Crippen molar-refractivity contribution in [2.45, 2.75) is 25.7 Å². The molecule has 0 radical (unpaired) electrons. The van der Waals surface area contributed by atoms with Crippen molar-refractivity contribution in [3.63, 3.8) is 0 Å². The highest BCUT2D eigenvalue weighted by Gasteiger charge is 2.21. The third kappa shape index (κ3) is 3.41. The molecule has 0 spiro atoms. The molecule has 0 atom stereocenters. The monoisotopic (exact) mass is 316 g/mol. The highest BCUT2D eigenvalue weighted by Crippen LogP contribution is 2.33. The summed E-state index contributed by atoms with van der Waals surface area (Å²) >= 11 is 11.5. The Kier molecular flexibility index (Phi) is 4.83. The van der Waals surface area contributed by atoms with Gasteiger partial charge in [-0.3, -0.25) is 14.9 Å². The first kappa shape index (κ1) is 15.1. The summed E-state index contributed by atoms with van der Waals surface area (Å²) in [6.45, 7) is 0.567. The molecule has 2 rings (SSSR count). The van der Waals surface area contributed by atoms with E-state index in [9.17, 15) is 14.9 Å². The molecule has 0 heterocycles. The number of rotatable bonds is 5. The summed E-state index contributed by atoms with van der Waals surface area (Å²) in [6.07, 6.45) is 4.63. The van der Waals surface area contributed by atoms with Crippen molar-refractivity contribution in [1.29, 1.82) is 0 Å². The number of nitro groups is 1. The Hall–Kier alpha value is -1.33. The van der Waals surface area contributed by atoms with E-state index in [0.717, 1.165) is 12.5 Å². The molecule has 7 heteroatoms. The lowest BCUT2D eigenvalue weighted by atomic mass is 9.83. The largest absolute Gasteiger partial charge is 0.352 e. The van der Waals surface area contributed by atoms with Crippen LogP contribution in [0.5, 0.6) is 0 Å². The molecule has 0 saturated heterocycles. The number of halogens is 2. The molecule has 108 valence electrons. The minimum atomic E-state index is -0.653. The smallest absolute Gasteiger partial charge is 0.290 e. The molecule has 1 saturated carbocycles. The third-order valence-electron chi connectivity index (χ3n) is 3.53. The summed E-state index contributed by atoms with van der Waals surface area (Å²) in [4.78, 5) is 22.1. The number of carbonyl (C=O) groups excluding carboxylic acids is 1. The first-order valence-corrected chi connectivity index (χ1v) is 7.16. The molecule has 0 bridgehead atoms. The lowest BCUT2D eigenvalue weighted by Crippen LogP contribution is -2.27. The van der Waals surface area contributed by atoms with Crippen LogP contribution in [0.15, 0.2) is 12.1 Å². The summed E-state index contributed by atoms with van der Waals surface area (Å²) in [6, 6.07) is 2.49. The molecule has 1 fully saturated rings. The standard InChI is InChI=1S/C13H14Cl2N2O3/c14-10-6-9(7-11(12(10)15)17(19)20)13(18)16-5-4-8-2-1-3-8/h6-8H,1-5H2,(H,16,18). The summed E-state index contributed by atoms with van der Waals surface area (Å²) in [5, 5.41) is 13.4. The topological polar surface area (TPSA) is 72.2 Å². The van der Waals surface area contributed by atoms with Gasteiger partial charge in [0.25, 0.3) is 11.6 Å². The Labute approximate surface area is 126 Å². The predicted molar refractivity (Wildman–Crippen MR) is 77.4 cm³/mol. The van der Waals surface area contributed by atoms with Crippen molar-refractivity contribution in [2.75, 3.05) is 6.54 Å². The van der Waals surface area contributed by atoms with E-state index in [2.05, 4.69) is 5.32 Å². The molecule has 1 aromatic carbocycles. The minimum Gasteiger partial charge on any atom is -0.352 e. The van der Waals surface area contributed by atoms with Crippen LogP contribution in [0, 0.1) is 16.0 Å². The average Bonchev–Trinajstić information content (AvgIpc) is 2.34. The highest BCUT2D eigenvalue weighted by atomic mass is 35.5. The van der Waals surface area contributed by atoms with E-state index >= 15 is 0 Å². The maximum Gasteiger partial charge on any atom is 0.290 e. The van der Waals surface area contributed by atoms with Gasteiger partial charge < -0.3 is 5.32 Å². The fourth-order valence-electron chi connectivity index (χ4n) is 2.11. The van der Waals surface area contributed by atoms with Crippen LogP contribution in [0.4, 0.5) is 5.69 Å². The lowest BCUT2D eigenvalue weighted by Gasteiger charge is -2.25. The fourth-order valence-corrected chi connectivity index (χ4v) is 2.50. The summed E-state index contributed by atoms with van der Waals surface area (Å²) < 4.78 is 0. The van der Waals surface area contributed by atoms with E-state index in [4.69, 9.17) is 23.2 Å².